The highest BCUT2D eigenvalue weighted by atomic mass is 79.9. The van der Waals surface area contributed by atoms with Crippen LogP contribution in [0.25, 0.3) is 0 Å². The van der Waals surface area contributed by atoms with E-state index < -0.39 is 29.5 Å². The third-order valence-electron chi connectivity index (χ3n) is 1.87. The van der Waals surface area contributed by atoms with Crippen LogP contribution in [-0.2, 0) is 11.5 Å². The van der Waals surface area contributed by atoms with Gasteiger partial charge < -0.3 is 4.74 Å². The average Bonchev–Trinajstić information content (AvgIpc) is 2.24. The maximum absolute atomic E-state index is 12.6. The van der Waals surface area contributed by atoms with Crippen LogP contribution in [0.2, 0.25) is 0 Å². The fourth-order valence-corrected chi connectivity index (χ4v) is 1.60. The molecule has 0 N–H and O–H groups in total. The maximum atomic E-state index is 12.6. The molecule has 0 atom stereocenters. The van der Waals surface area contributed by atoms with Gasteiger partial charge in [-0.3, -0.25) is 4.79 Å². The minimum absolute atomic E-state index is 0.0657. The van der Waals surface area contributed by atoms with Gasteiger partial charge in [0.15, 0.2) is 6.29 Å². The minimum Gasteiger partial charge on any atom is -0.387 e. The number of carbonyl (C=O) groups is 1. The van der Waals surface area contributed by atoms with Crippen LogP contribution in [0.4, 0.5) is 26.3 Å². The van der Waals surface area contributed by atoms with Crippen molar-refractivity contribution in [2.24, 2.45) is 0 Å². The van der Waals surface area contributed by atoms with Gasteiger partial charge in [0.25, 0.3) is 0 Å². The second-order valence-corrected chi connectivity index (χ2v) is 3.73. The van der Waals surface area contributed by atoms with E-state index in [1.165, 1.54) is 0 Å². The Morgan fingerprint density at radius 2 is 1.84 bits per heavy atom. The number of ether oxygens (including phenoxy) is 1. The van der Waals surface area contributed by atoms with Gasteiger partial charge >= 0.3 is 12.5 Å². The molecule has 0 aliphatic heterocycles. The number of hydrogen-bond acceptors (Lipinski definition) is 3. The first kappa shape index (κ1) is 15.7. The molecule has 1 heterocycles. The fourth-order valence-electron chi connectivity index (χ4n) is 1.15. The van der Waals surface area contributed by atoms with Crippen molar-refractivity contribution >= 4 is 22.2 Å². The number of nitrogens with zero attached hydrogens (tertiary/aromatic N) is 1. The van der Waals surface area contributed by atoms with Gasteiger partial charge in [0, 0.05) is 10.9 Å². The zero-order chi connectivity index (χ0) is 14.8. The average molecular weight is 352 g/mol. The molecule has 0 fully saturated rings. The SMILES string of the molecule is O=Cc1cc(C(F)(F)F)c(OC(F)(F)F)nc1CBr. The van der Waals surface area contributed by atoms with Crippen LogP contribution in [0.1, 0.15) is 21.6 Å². The molecule has 106 valence electrons. The summed E-state index contributed by atoms with van der Waals surface area (Å²) in [6.07, 6.45) is -10.4. The molecular formula is C9H4BrF6NO2. The molecule has 0 unspecified atom stereocenters. The lowest BCUT2D eigenvalue weighted by Gasteiger charge is -2.16. The van der Waals surface area contributed by atoms with Crippen molar-refractivity contribution in [2.45, 2.75) is 17.9 Å². The van der Waals surface area contributed by atoms with E-state index in [0.29, 0.717) is 0 Å². The largest absolute Gasteiger partial charge is 0.574 e. The predicted octanol–water partition coefficient (Wildman–Crippen LogP) is 3.71. The van der Waals surface area contributed by atoms with Crippen LogP contribution in [0.3, 0.4) is 0 Å². The van der Waals surface area contributed by atoms with Crippen LogP contribution in [-0.4, -0.2) is 17.6 Å². The molecule has 19 heavy (non-hydrogen) atoms. The highest BCUT2D eigenvalue weighted by Gasteiger charge is 2.41. The number of alkyl halides is 7. The van der Waals surface area contributed by atoms with Crippen molar-refractivity contribution in [1.29, 1.82) is 0 Å². The zero-order valence-electron chi connectivity index (χ0n) is 8.77. The van der Waals surface area contributed by atoms with E-state index in [1.807, 2.05) is 0 Å². The summed E-state index contributed by atoms with van der Waals surface area (Å²) in [7, 11) is 0. The van der Waals surface area contributed by atoms with Crippen molar-refractivity contribution < 1.29 is 35.9 Å². The van der Waals surface area contributed by atoms with E-state index in [-0.39, 0.29) is 23.4 Å². The number of pyridine rings is 1. The van der Waals surface area contributed by atoms with Gasteiger partial charge in [-0.2, -0.15) is 13.2 Å². The molecule has 1 aromatic heterocycles. The van der Waals surface area contributed by atoms with Crippen molar-refractivity contribution in [2.75, 3.05) is 0 Å². The lowest BCUT2D eigenvalue weighted by Crippen LogP contribution is -2.22. The number of carbonyl (C=O) groups excluding carboxylic acids is 1. The first-order chi connectivity index (χ1) is 8.58. The van der Waals surface area contributed by atoms with Gasteiger partial charge in [-0.05, 0) is 6.07 Å². The lowest BCUT2D eigenvalue weighted by molar-refractivity contribution is -0.277. The van der Waals surface area contributed by atoms with Crippen molar-refractivity contribution in [1.82, 2.24) is 4.98 Å². The minimum atomic E-state index is -5.32. The highest BCUT2D eigenvalue weighted by Crippen LogP contribution is 2.38. The summed E-state index contributed by atoms with van der Waals surface area (Å²) in [4.78, 5) is 13.6. The summed E-state index contributed by atoms with van der Waals surface area (Å²) in [6.45, 7) is 0. The Kier molecular flexibility index (Phi) is 4.43. The maximum Gasteiger partial charge on any atom is 0.574 e. The third-order valence-corrected chi connectivity index (χ3v) is 2.40. The Morgan fingerprint density at radius 3 is 2.21 bits per heavy atom. The Labute approximate surface area is 110 Å². The van der Waals surface area contributed by atoms with E-state index in [9.17, 15) is 31.1 Å². The Balaban J connectivity index is 3.45. The van der Waals surface area contributed by atoms with Crippen molar-refractivity contribution in [3.63, 3.8) is 0 Å². The molecule has 10 heteroatoms. The number of aromatic nitrogens is 1. The Morgan fingerprint density at radius 1 is 1.26 bits per heavy atom. The summed E-state index contributed by atoms with van der Waals surface area (Å²) < 4.78 is 77.0. The summed E-state index contributed by atoms with van der Waals surface area (Å²) in [6, 6.07) is 0.262. The molecule has 1 aromatic rings. The van der Waals surface area contributed by atoms with Gasteiger partial charge in [0.2, 0.25) is 5.88 Å². The van der Waals surface area contributed by atoms with Crippen LogP contribution in [0.5, 0.6) is 5.88 Å². The van der Waals surface area contributed by atoms with Crippen LogP contribution >= 0.6 is 15.9 Å². The summed E-state index contributed by atoms with van der Waals surface area (Å²) >= 11 is 2.80. The number of aldehydes is 1. The normalized spacial score (nSPS) is 12.4. The molecule has 0 radical (unpaired) electrons. The first-order valence-corrected chi connectivity index (χ1v) is 5.58. The molecule has 3 nitrogen and oxygen atoms in total. The molecule has 0 spiro atoms. The highest BCUT2D eigenvalue weighted by molar-refractivity contribution is 9.08. The summed E-state index contributed by atoms with van der Waals surface area (Å²) in [5.41, 5.74) is -2.53. The smallest absolute Gasteiger partial charge is 0.387 e. The predicted molar refractivity (Wildman–Crippen MR) is 53.9 cm³/mol. The number of halogens is 7. The summed E-state index contributed by atoms with van der Waals surface area (Å²) in [5.74, 6) is -1.64. The molecule has 0 aliphatic rings. The molecule has 1 rings (SSSR count). The lowest BCUT2D eigenvalue weighted by atomic mass is 10.1. The molecule has 0 aliphatic carbocycles. The molecule has 0 aromatic carbocycles. The van der Waals surface area contributed by atoms with Crippen molar-refractivity contribution in [3.8, 4) is 5.88 Å². The Hall–Kier alpha value is -1.32. The standard InChI is InChI=1S/C9H4BrF6NO2/c10-2-6-4(3-18)1-5(8(11,12)13)7(17-6)19-9(14,15)16/h1,3H,2H2. The quantitative estimate of drug-likeness (QED) is 0.473. The zero-order valence-corrected chi connectivity index (χ0v) is 10.4. The van der Waals surface area contributed by atoms with Crippen LogP contribution in [0.15, 0.2) is 6.07 Å². The topological polar surface area (TPSA) is 39.2 Å². The first-order valence-electron chi connectivity index (χ1n) is 4.46. The van der Waals surface area contributed by atoms with Crippen LogP contribution < -0.4 is 4.74 Å². The van der Waals surface area contributed by atoms with Gasteiger partial charge in [-0.25, -0.2) is 4.98 Å². The van der Waals surface area contributed by atoms with E-state index >= 15 is 0 Å². The van der Waals surface area contributed by atoms with Gasteiger partial charge in [-0.1, -0.05) is 15.9 Å². The molecular weight excluding hydrogens is 348 g/mol. The molecule has 0 saturated carbocycles. The number of hydrogen-bond donors (Lipinski definition) is 0. The molecule has 0 saturated heterocycles. The van der Waals surface area contributed by atoms with Gasteiger partial charge in [0.05, 0.1) is 5.69 Å². The van der Waals surface area contributed by atoms with Gasteiger partial charge in [-0.15, -0.1) is 13.2 Å². The van der Waals surface area contributed by atoms with Crippen LogP contribution in [0, 0.1) is 0 Å². The second kappa shape index (κ2) is 5.35. The fraction of sp³-hybridized carbons (Fsp3) is 0.333. The summed E-state index contributed by atoms with van der Waals surface area (Å²) in [5, 5.41) is -0.201. The Bertz CT molecular complexity index is 485. The third kappa shape index (κ3) is 4.08. The number of rotatable bonds is 3. The van der Waals surface area contributed by atoms with Crippen molar-refractivity contribution in [3.05, 3.63) is 22.9 Å². The van der Waals surface area contributed by atoms with E-state index in [4.69, 9.17) is 0 Å². The van der Waals surface area contributed by atoms with E-state index in [2.05, 4.69) is 25.7 Å². The van der Waals surface area contributed by atoms with Gasteiger partial charge in [0.1, 0.15) is 5.56 Å². The van der Waals surface area contributed by atoms with E-state index in [0.717, 1.165) is 0 Å². The molecule has 0 bridgehead atoms. The molecule has 0 amide bonds. The van der Waals surface area contributed by atoms with E-state index in [1.54, 1.807) is 0 Å². The monoisotopic (exact) mass is 351 g/mol. The second-order valence-electron chi connectivity index (χ2n) is 3.17.